The summed E-state index contributed by atoms with van der Waals surface area (Å²) in [6.45, 7) is 7.25. The van der Waals surface area contributed by atoms with Crippen LogP contribution in [0.15, 0.2) is 58.0 Å². The topological polar surface area (TPSA) is 37.3 Å². The molecule has 0 radical (unpaired) electrons. The highest BCUT2D eigenvalue weighted by Gasteiger charge is 2.56. The number of hydrogen-bond donors (Lipinski definition) is 1. The van der Waals surface area contributed by atoms with E-state index in [0.29, 0.717) is 17.8 Å². The molecule has 0 saturated heterocycles. The van der Waals surface area contributed by atoms with Gasteiger partial charge >= 0.3 is 0 Å². The maximum atomic E-state index is 13.8. The minimum Gasteiger partial charge on any atom is -0.393 e. The van der Waals surface area contributed by atoms with E-state index >= 15 is 0 Å². The predicted octanol–water partition coefficient (Wildman–Crippen LogP) is 6.19. The second-order valence-corrected chi connectivity index (χ2v) is 12.2. The smallest absolute Gasteiger partial charge is 0.0570 e. The van der Waals surface area contributed by atoms with Gasteiger partial charge in [0.1, 0.15) is 0 Å². The molecule has 4 aliphatic rings. The van der Waals surface area contributed by atoms with Crippen LogP contribution in [-0.4, -0.2) is 20.7 Å². The average Bonchev–Trinajstić information content (AvgIpc) is 3.10. The van der Waals surface area contributed by atoms with Crippen LogP contribution in [0.4, 0.5) is 0 Å². The van der Waals surface area contributed by atoms with E-state index < -0.39 is 10.8 Å². The fourth-order valence-corrected chi connectivity index (χ4v) is 9.54. The number of benzene rings is 1. The van der Waals surface area contributed by atoms with Gasteiger partial charge in [-0.25, -0.2) is 0 Å². The summed E-state index contributed by atoms with van der Waals surface area (Å²) in [5.74, 6) is 1.21. The molecule has 0 heterocycles. The fourth-order valence-electron chi connectivity index (χ4n) is 7.61. The first-order chi connectivity index (χ1) is 14.4. The van der Waals surface area contributed by atoms with Gasteiger partial charge < -0.3 is 5.11 Å². The Morgan fingerprint density at radius 3 is 2.63 bits per heavy atom. The fraction of sp³-hybridized carbons (Fsp3) is 0.630. The van der Waals surface area contributed by atoms with Crippen LogP contribution < -0.4 is 0 Å². The lowest BCUT2D eigenvalue weighted by Crippen LogP contribution is -2.53. The van der Waals surface area contributed by atoms with Gasteiger partial charge in [-0.1, -0.05) is 57.0 Å². The summed E-state index contributed by atoms with van der Waals surface area (Å²) in [7, 11) is -1.10. The molecule has 1 saturated carbocycles. The van der Waals surface area contributed by atoms with Gasteiger partial charge in [0.2, 0.25) is 0 Å². The molecular weight excluding hydrogens is 388 g/mol. The van der Waals surface area contributed by atoms with Crippen molar-refractivity contribution in [2.45, 2.75) is 88.4 Å². The number of allylic oxidation sites excluding steroid dienone is 4. The largest absolute Gasteiger partial charge is 0.393 e. The van der Waals surface area contributed by atoms with Crippen LogP contribution in [0.5, 0.6) is 0 Å². The van der Waals surface area contributed by atoms with E-state index in [-0.39, 0.29) is 16.8 Å². The van der Waals surface area contributed by atoms with Gasteiger partial charge in [-0.15, -0.1) is 0 Å². The molecule has 0 spiro atoms. The van der Waals surface area contributed by atoms with E-state index in [0.717, 1.165) is 36.5 Å². The molecule has 0 amide bonds. The van der Waals surface area contributed by atoms with Gasteiger partial charge in [-0.2, -0.15) is 0 Å². The van der Waals surface area contributed by atoms with Crippen LogP contribution in [0, 0.1) is 22.7 Å². The maximum absolute atomic E-state index is 13.8. The molecule has 162 valence electrons. The van der Waals surface area contributed by atoms with Crippen molar-refractivity contribution in [3.05, 3.63) is 53.1 Å². The second-order valence-electron chi connectivity index (χ2n) is 10.6. The van der Waals surface area contributed by atoms with E-state index in [2.05, 4.69) is 26.8 Å². The molecular formula is C27H36O2S. The quantitative estimate of drug-likeness (QED) is 0.628. The van der Waals surface area contributed by atoms with Crippen LogP contribution in [0.25, 0.3) is 0 Å². The normalized spacial score (nSPS) is 41.5. The molecule has 0 aromatic heterocycles. The highest BCUT2D eigenvalue weighted by atomic mass is 32.2. The average molecular weight is 425 g/mol. The predicted molar refractivity (Wildman–Crippen MR) is 124 cm³/mol. The second kappa shape index (κ2) is 7.45. The minimum absolute atomic E-state index is 0.00715. The van der Waals surface area contributed by atoms with Crippen molar-refractivity contribution in [2.24, 2.45) is 22.7 Å². The number of aliphatic hydroxyl groups is 1. The summed E-state index contributed by atoms with van der Waals surface area (Å²) in [6, 6.07) is 9.95. The minimum atomic E-state index is -1.10. The van der Waals surface area contributed by atoms with E-state index in [1.165, 1.54) is 19.3 Å². The van der Waals surface area contributed by atoms with E-state index in [1.807, 2.05) is 30.3 Å². The first-order valence-corrected chi connectivity index (χ1v) is 13.2. The van der Waals surface area contributed by atoms with Gasteiger partial charge in [0, 0.05) is 10.3 Å². The van der Waals surface area contributed by atoms with Crippen molar-refractivity contribution >= 4 is 10.8 Å². The standard InChI is InChI=1S/C27H36O2S/c1-4-18-11-13-23-22-12-10-19-16-20(28)17-25(30(29)21-8-6-5-7-9-21)27(19,3)24(22)14-15-26(18,23)2/h5-9,13,18-20,25,28H,4,10-12,14-17H2,1-3H3/t18-,19?,20?,25?,26+,27-,30?/m0/s1. The Kier molecular flexibility index (Phi) is 5.14. The Labute approximate surface area is 184 Å². The third-order valence-corrected chi connectivity index (χ3v) is 11.3. The first-order valence-electron chi connectivity index (χ1n) is 12.0. The number of aliphatic hydroxyl groups excluding tert-OH is 1. The molecule has 4 unspecified atom stereocenters. The summed E-state index contributed by atoms with van der Waals surface area (Å²) >= 11 is 0. The lowest BCUT2D eigenvalue weighted by molar-refractivity contribution is 0.0276. The zero-order valence-corrected chi connectivity index (χ0v) is 19.5. The molecule has 5 rings (SSSR count). The number of rotatable bonds is 3. The Morgan fingerprint density at radius 2 is 1.90 bits per heavy atom. The molecule has 7 atom stereocenters. The highest BCUT2D eigenvalue weighted by Crippen LogP contribution is 2.64. The molecule has 1 N–H and O–H groups in total. The molecule has 0 aliphatic heterocycles. The van der Waals surface area contributed by atoms with Crippen molar-refractivity contribution in [3.63, 3.8) is 0 Å². The highest BCUT2D eigenvalue weighted by molar-refractivity contribution is 7.85. The molecule has 2 nitrogen and oxygen atoms in total. The Hall–Kier alpha value is -1.19. The Morgan fingerprint density at radius 1 is 1.13 bits per heavy atom. The molecule has 1 aromatic carbocycles. The van der Waals surface area contributed by atoms with Crippen molar-refractivity contribution in [1.29, 1.82) is 0 Å². The molecule has 4 aliphatic carbocycles. The molecule has 0 bridgehead atoms. The van der Waals surface area contributed by atoms with Crippen molar-refractivity contribution in [1.82, 2.24) is 0 Å². The zero-order chi connectivity index (χ0) is 21.1. The number of hydrogen-bond acceptors (Lipinski definition) is 2. The van der Waals surface area contributed by atoms with Gasteiger partial charge in [-0.05, 0) is 85.5 Å². The zero-order valence-electron chi connectivity index (χ0n) is 18.7. The lowest BCUT2D eigenvalue weighted by atomic mass is 9.51. The number of fused-ring (bicyclic) bond motifs is 4. The monoisotopic (exact) mass is 424 g/mol. The Balaban J connectivity index is 1.60. The molecule has 3 heteroatoms. The van der Waals surface area contributed by atoms with Crippen LogP contribution in [-0.2, 0) is 10.8 Å². The third-order valence-electron chi connectivity index (χ3n) is 9.39. The van der Waals surface area contributed by atoms with E-state index in [9.17, 15) is 9.32 Å². The summed E-state index contributed by atoms with van der Waals surface area (Å²) in [6.07, 6.45) is 10.9. The van der Waals surface area contributed by atoms with Crippen LogP contribution >= 0.6 is 0 Å². The maximum Gasteiger partial charge on any atom is 0.0570 e. The molecule has 1 fully saturated rings. The molecule has 1 aromatic rings. The summed E-state index contributed by atoms with van der Waals surface area (Å²) in [5.41, 5.74) is 5.11. The SMILES string of the molecule is CC[C@H]1CC=C2C3=C(CC[C@@]21C)[C@]1(C)C(CC3)CC(O)CC1S(=O)c1ccccc1. The Bertz CT molecular complexity index is 916. The van der Waals surface area contributed by atoms with Crippen LogP contribution in [0.2, 0.25) is 0 Å². The van der Waals surface area contributed by atoms with E-state index in [4.69, 9.17) is 0 Å². The molecule has 30 heavy (non-hydrogen) atoms. The van der Waals surface area contributed by atoms with Crippen molar-refractivity contribution < 1.29 is 9.32 Å². The summed E-state index contributed by atoms with van der Waals surface area (Å²) in [4.78, 5) is 0.913. The van der Waals surface area contributed by atoms with Crippen molar-refractivity contribution in [2.75, 3.05) is 0 Å². The third kappa shape index (κ3) is 2.88. The van der Waals surface area contributed by atoms with Crippen LogP contribution in [0.3, 0.4) is 0 Å². The first kappa shape index (κ1) is 20.7. The summed E-state index contributed by atoms with van der Waals surface area (Å²) in [5, 5.41) is 10.7. The van der Waals surface area contributed by atoms with Gasteiger partial charge in [0.25, 0.3) is 0 Å². The van der Waals surface area contributed by atoms with Gasteiger partial charge in [0.15, 0.2) is 0 Å². The summed E-state index contributed by atoms with van der Waals surface area (Å²) < 4.78 is 13.8. The van der Waals surface area contributed by atoms with Crippen molar-refractivity contribution in [3.8, 4) is 0 Å². The van der Waals surface area contributed by atoms with E-state index in [1.54, 1.807) is 16.7 Å². The van der Waals surface area contributed by atoms with Gasteiger partial charge in [0.05, 0.1) is 22.2 Å². The van der Waals surface area contributed by atoms with Gasteiger partial charge in [-0.3, -0.25) is 4.21 Å². The van der Waals surface area contributed by atoms with Crippen LogP contribution in [0.1, 0.15) is 72.1 Å². The lowest BCUT2D eigenvalue weighted by Gasteiger charge is -2.56.